The smallest absolute Gasteiger partial charge is 0.262 e. The number of carbonyl (C=O) groups is 1. The Bertz CT molecular complexity index is 1070. The number of para-hydroxylation sites is 1. The summed E-state index contributed by atoms with van der Waals surface area (Å²) in [5.74, 6) is 0.0817. The van der Waals surface area contributed by atoms with E-state index >= 15 is 0 Å². The first-order valence-corrected chi connectivity index (χ1v) is 10.9. The van der Waals surface area contributed by atoms with Crippen molar-refractivity contribution in [2.45, 2.75) is 36.9 Å². The van der Waals surface area contributed by atoms with Crippen molar-refractivity contribution < 1.29 is 4.79 Å². The monoisotopic (exact) mass is 408 g/mol. The Labute approximate surface area is 173 Å². The summed E-state index contributed by atoms with van der Waals surface area (Å²) in [6, 6.07) is 15.1. The number of nitrogens with one attached hydrogen (secondary N) is 2. The molecule has 1 heterocycles. The highest BCUT2D eigenvalue weighted by atomic mass is 32.2. The van der Waals surface area contributed by atoms with Crippen molar-refractivity contribution in [3.63, 3.8) is 0 Å². The Morgan fingerprint density at radius 3 is 2.52 bits per heavy atom. The van der Waals surface area contributed by atoms with Crippen LogP contribution in [0.5, 0.6) is 0 Å². The quantitative estimate of drug-likeness (QED) is 0.470. The average molecular weight is 409 g/mol. The SMILES string of the molecule is CNc1ccc(NC(=O)CSc2nc3ccccc3c(=O)n2C2CCCC2)cc1. The maximum absolute atomic E-state index is 13.1. The maximum Gasteiger partial charge on any atom is 0.262 e. The van der Waals surface area contributed by atoms with Crippen LogP contribution in [0.25, 0.3) is 10.9 Å². The summed E-state index contributed by atoms with van der Waals surface area (Å²) in [7, 11) is 1.85. The van der Waals surface area contributed by atoms with E-state index in [1.54, 1.807) is 0 Å². The molecule has 0 saturated heterocycles. The van der Waals surface area contributed by atoms with Gasteiger partial charge in [0.25, 0.3) is 5.56 Å². The van der Waals surface area contributed by atoms with Gasteiger partial charge in [0.2, 0.25) is 5.91 Å². The molecule has 2 aromatic carbocycles. The van der Waals surface area contributed by atoms with Crippen LogP contribution in [-0.2, 0) is 4.79 Å². The molecule has 3 aromatic rings. The van der Waals surface area contributed by atoms with E-state index in [4.69, 9.17) is 4.98 Å². The highest BCUT2D eigenvalue weighted by Gasteiger charge is 2.23. The molecule has 0 unspecified atom stereocenters. The van der Waals surface area contributed by atoms with Gasteiger partial charge in [0.05, 0.1) is 16.7 Å². The first kappa shape index (κ1) is 19.5. The second-order valence-electron chi connectivity index (χ2n) is 7.19. The fourth-order valence-corrected chi connectivity index (χ4v) is 4.63. The van der Waals surface area contributed by atoms with Crippen molar-refractivity contribution >= 4 is 39.9 Å². The first-order valence-electron chi connectivity index (χ1n) is 9.87. The van der Waals surface area contributed by atoms with Crippen LogP contribution in [-0.4, -0.2) is 28.3 Å². The van der Waals surface area contributed by atoms with Crippen LogP contribution >= 0.6 is 11.8 Å². The van der Waals surface area contributed by atoms with Gasteiger partial charge in [-0.1, -0.05) is 36.7 Å². The highest BCUT2D eigenvalue weighted by molar-refractivity contribution is 7.99. The zero-order chi connectivity index (χ0) is 20.2. The van der Waals surface area contributed by atoms with E-state index in [2.05, 4.69) is 10.6 Å². The number of rotatable bonds is 6. The van der Waals surface area contributed by atoms with Gasteiger partial charge in [-0.25, -0.2) is 4.98 Å². The van der Waals surface area contributed by atoms with Crippen LogP contribution in [0, 0.1) is 0 Å². The number of benzene rings is 2. The minimum Gasteiger partial charge on any atom is -0.388 e. The Kier molecular flexibility index (Phi) is 5.85. The van der Waals surface area contributed by atoms with Crippen molar-refractivity contribution in [1.82, 2.24) is 9.55 Å². The molecule has 2 N–H and O–H groups in total. The lowest BCUT2D eigenvalue weighted by molar-refractivity contribution is -0.113. The van der Waals surface area contributed by atoms with Gasteiger partial charge in [-0.3, -0.25) is 14.2 Å². The molecule has 150 valence electrons. The molecule has 1 fully saturated rings. The Balaban J connectivity index is 1.55. The van der Waals surface area contributed by atoms with Gasteiger partial charge in [0.15, 0.2) is 5.16 Å². The summed E-state index contributed by atoms with van der Waals surface area (Å²) in [5, 5.41) is 7.21. The highest BCUT2D eigenvalue weighted by Crippen LogP contribution is 2.32. The zero-order valence-electron chi connectivity index (χ0n) is 16.4. The average Bonchev–Trinajstić information content (AvgIpc) is 3.27. The lowest BCUT2D eigenvalue weighted by Gasteiger charge is -2.18. The van der Waals surface area contributed by atoms with Gasteiger partial charge in [-0.2, -0.15) is 0 Å². The number of hydrogen-bond donors (Lipinski definition) is 2. The van der Waals surface area contributed by atoms with Crippen LogP contribution in [0.15, 0.2) is 58.5 Å². The van der Waals surface area contributed by atoms with Crippen molar-refractivity contribution in [1.29, 1.82) is 0 Å². The van der Waals surface area contributed by atoms with E-state index in [0.717, 1.165) is 37.1 Å². The molecule has 1 saturated carbocycles. The lowest BCUT2D eigenvalue weighted by Crippen LogP contribution is -2.27. The zero-order valence-corrected chi connectivity index (χ0v) is 17.2. The molecule has 1 aliphatic carbocycles. The van der Waals surface area contributed by atoms with Crippen molar-refractivity contribution in [2.75, 3.05) is 23.4 Å². The summed E-state index contributed by atoms with van der Waals surface area (Å²) in [4.78, 5) is 30.3. The van der Waals surface area contributed by atoms with Crippen LogP contribution in [0.3, 0.4) is 0 Å². The fraction of sp³-hybridized carbons (Fsp3) is 0.318. The molecule has 1 aromatic heterocycles. The number of thioether (sulfide) groups is 1. The third-order valence-electron chi connectivity index (χ3n) is 5.25. The van der Waals surface area contributed by atoms with Crippen LogP contribution < -0.4 is 16.2 Å². The third-order valence-corrected chi connectivity index (χ3v) is 6.21. The summed E-state index contributed by atoms with van der Waals surface area (Å²) >= 11 is 1.33. The largest absolute Gasteiger partial charge is 0.388 e. The second-order valence-corrected chi connectivity index (χ2v) is 8.13. The number of hydrogen-bond acceptors (Lipinski definition) is 5. The van der Waals surface area contributed by atoms with Crippen LogP contribution in [0.4, 0.5) is 11.4 Å². The molecule has 7 heteroatoms. The first-order chi connectivity index (χ1) is 14.2. The van der Waals surface area contributed by atoms with Gasteiger partial charge < -0.3 is 10.6 Å². The molecule has 0 bridgehead atoms. The van der Waals surface area contributed by atoms with Gasteiger partial charge >= 0.3 is 0 Å². The summed E-state index contributed by atoms with van der Waals surface area (Å²) in [5.41, 5.74) is 2.40. The van der Waals surface area contributed by atoms with Crippen molar-refractivity contribution in [3.8, 4) is 0 Å². The minimum absolute atomic E-state index is 0.00642. The number of aromatic nitrogens is 2. The standard InChI is InChI=1S/C22H24N4O2S/c1-23-15-10-12-16(13-11-15)24-20(27)14-29-22-25-19-9-5-4-8-18(19)21(28)26(22)17-6-2-3-7-17/h4-5,8-13,17,23H,2-3,6-7,14H2,1H3,(H,24,27). The maximum atomic E-state index is 13.1. The summed E-state index contributed by atoms with van der Waals surface area (Å²) in [6.07, 6.45) is 4.21. The van der Waals surface area contributed by atoms with Gasteiger partial charge in [0, 0.05) is 24.5 Å². The van der Waals surface area contributed by atoms with E-state index in [1.807, 2.05) is 60.1 Å². The van der Waals surface area contributed by atoms with Crippen LogP contribution in [0.1, 0.15) is 31.7 Å². The number of anilines is 2. The van der Waals surface area contributed by atoms with E-state index < -0.39 is 0 Å². The third kappa shape index (κ3) is 4.29. The number of amides is 1. The second kappa shape index (κ2) is 8.69. The van der Waals surface area contributed by atoms with Crippen molar-refractivity contribution in [2.24, 2.45) is 0 Å². The molecule has 6 nitrogen and oxygen atoms in total. The van der Waals surface area contributed by atoms with E-state index in [0.29, 0.717) is 16.1 Å². The van der Waals surface area contributed by atoms with E-state index in [-0.39, 0.29) is 23.3 Å². The Morgan fingerprint density at radius 2 is 1.79 bits per heavy atom. The minimum atomic E-state index is -0.118. The summed E-state index contributed by atoms with van der Waals surface area (Å²) < 4.78 is 1.81. The van der Waals surface area contributed by atoms with Gasteiger partial charge in [0.1, 0.15) is 0 Å². The molecule has 0 aliphatic heterocycles. The predicted molar refractivity (Wildman–Crippen MR) is 119 cm³/mol. The molecule has 4 rings (SSSR count). The van der Waals surface area contributed by atoms with Crippen LogP contribution in [0.2, 0.25) is 0 Å². The van der Waals surface area contributed by atoms with E-state index in [9.17, 15) is 9.59 Å². The molecular formula is C22H24N4O2S. The van der Waals surface area contributed by atoms with Gasteiger partial charge in [-0.15, -0.1) is 0 Å². The summed E-state index contributed by atoms with van der Waals surface area (Å²) in [6.45, 7) is 0. The molecule has 29 heavy (non-hydrogen) atoms. The normalized spacial score (nSPS) is 14.2. The number of nitrogens with zero attached hydrogens (tertiary/aromatic N) is 2. The molecule has 0 radical (unpaired) electrons. The molecule has 0 atom stereocenters. The Hall–Kier alpha value is -2.80. The van der Waals surface area contributed by atoms with Gasteiger partial charge in [-0.05, 0) is 49.2 Å². The Morgan fingerprint density at radius 1 is 1.10 bits per heavy atom. The van der Waals surface area contributed by atoms with E-state index in [1.165, 1.54) is 11.8 Å². The number of fused-ring (bicyclic) bond motifs is 1. The number of carbonyl (C=O) groups excluding carboxylic acids is 1. The fourth-order valence-electron chi connectivity index (χ4n) is 3.76. The lowest BCUT2D eigenvalue weighted by atomic mass is 10.2. The molecule has 1 aliphatic rings. The molecule has 0 spiro atoms. The molecular weight excluding hydrogens is 384 g/mol. The predicted octanol–water partition coefficient (Wildman–Crippen LogP) is 4.28. The topological polar surface area (TPSA) is 76.0 Å². The van der Waals surface area contributed by atoms with Crippen molar-refractivity contribution in [3.05, 3.63) is 58.9 Å². The molecule has 1 amide bonds.